The standard InChI is InChI=1S/C22H23N3O2/c1-14-9-10-17(15(2)13-14)25-21(26)18-19(16-7-4-3-5-8-16)23-11-6-12-24(23)20(18)22(25)27/h3-5,7-10,13,18-20H,6,11-12H2,1-2H3/t18-,19+,20-/m0/s1. The normalized spacial score (nSPS) is 28.1. The Kier molecular flexibility index (Phi) is 3.71. The van der Waals surface area contributed by atoms with Crippen LogP contribution in [0.5, 0.6) is 0 Å². The SMILES string of the molecule is Cc1ccc(N2C(=O)[C@@H]3[C@@H](C2=O)N2CCCN2[C@@H]3c2ccccc2)c(C)c1. The summed E-state index contributed by atoms with van der Waals surface area (Å²) in [5.74, 6) is -0.497. The van der Waals surface area contributed by atoms with Gasteiger partial charge in [0, 0.05) is 13.1 Å². The molecule has 0 saturated carbocycles. The van der Waals surface area contributed by atoms with Crippen LogP contribution in [0.1, 0.15) is 29.2 Å². The summed E-state index contributed by atoms with van der Waals surface area (Å²) in [6.45, 7) is 5.72. The highest BCUT2D eigenvalue weighted by atomic mass is 16.2. The van der Waals surface area contributed by atoms with Gasteiger partial charge in [0.25, 0.3) is 5.91 Å². The van der Waals surface area contributed by atoms with Gasteiger partial charge in [-0.2, -0.15) is 0 Å². The van der Waals surface area contributed by atoms with Crippen molar-refractivity contribution in [3.63, 3.8) is 0 Å². The minimum Gasteiger partial charge on any atom is -0.274 e. The summed E-state index contributed by atoms with van der Waals surface area (Å²) in [7, 11) is 0. The molecule has 0 aliphatic carbocycles. The molecule has 27 heavy (non-hydrogen) atoms. The molecular weight excluding hydrogens is 338 g/mol. The van der Waals surface area contributed by atoms with Gasteiger partial charge in [0.1, 0.15) is 6.04 Å². The van der Waals surface area contributed by atoms with E-state index in [2.05, 4.69) is 22.2 Å². The smallest absolute Gasteiger partial charge is 0.253 e. The van der Waals surface area contributed by atoms with E-state index in [-0.39, 0.29) is 29.8 Å². The quantitative estimate of drug-likeness (QED) is 0.772. The number of carbonyl (C=O) groups excluding carboxylic acids is 2. The van der Waals surface area contributed by atoms with Crippen LogP contribution in [0.25, 0.3) is 0 Å². The number of hydrogen-bond donors (Lipinski definition) is 0. The van der Waals surface area contributed by atoms with Crippen LogP contribution >= 0.6 is 0 Å². The second-order valence-corrected chi connectivity index (χ2v) is 7.81. The average molecular weight is 361 g/mol. The summed E-state index contributed by atoms with van der Waals surface area (Å²) in [6.07, 6.45) is 1.03. The van der Waals surface area contributed by atoms with Crippen LogP contribution in [-0.2, 0) is 9.59 Å². The summed E-state index contributed by atoms with van der Waals surface area (Å²) in [5, 5.41) is 4.39. The van der Waals surface area contributed by atoms with Gasteiger partial charge in [0.15, 0.2) is 0 Å². The molecule has 2 aromatic carbocycles. The van der Waals surface area contributed by atoms with Gasteiger partial charge in [-0.25, -0.2) is 14.9 Å². The summed E-state index contributed by atoms with van der Waals surface area (Å²) < 4.78 is 0. The van der Waals surface area contributed by atoms with Crippen LogP contribution in [0.2, 0.25) is 0 Å². The molecule has 2 amide bonds. The first-order valence-electron chi connectivity index (χ1n) is 9.61. The van der Waals surface area contributed by atoms with Crippen LogP contribution in [0.15, 0.2) is 48.5 Å². The third-order valence-corrected chi connectivity index (χ3v) is 6.14. The fourth-order valence-corrected chi connectivity index (χ4v) is 5.06. The second kappa shape index (κ2) is 6.01. The Bertz CT molecular complexity index is 926. The number of anilines is 1. The zero-order chi connectivity index (χ0) is 18.7. The van der Waals surface area contributed by atoms with E-state index >= 15 is 0 Å². The maximum absolute atomic E-state index is 13.5. The van der Waals surface area contributed by atoms with Crippen molar-refractivity contribution in [2.75, 3.05) is 18.0 Å². The minimum atomic E-state index is -0.383. The third kappa shape index (κ3) is 2.32. The van der Waals surface area contributed by atoms with Gasteiger partial charge >= 0.3 is 0 Å². The highest BCUT2D eigenvalue weighted by molar-refractivity contribution is 6.24. The predicted molar refractivity (Wildman–Crippen MR) is 103 cm³/mol. The van der Waals surface area contributed by atoms with Crippen LogP contribution in [-0.4, -0.2) is 41.0 Å². The van der Waals surface area contributed by atoms with Gasteiger partial charge in [0.05, 0.1) is 17.6 Å². The number of hydrazine groups is 1. The lowest BCUT2D eigenvalue weighted by molar-refractivity contribution is -0.126. The number of fused-ring (bicyclic) bond motifs is 3. The van der Waals surface area contributed by atoms with Gasteiger partial charge in [-0.3, -0.25) is 9.59 Å². The van der Waals surface area contributed by atoms with Crippen molar-refractivity contribution in [3.8, 4) is 0 Å². The monoisotopic (exact) mass is 361 g/mol. The number of aryl methyl sites for hydroxylation is 2. The Labute approximate surface area is 159 Å². The topological polar surface area (TPSA) is 43.9 Å². The highest BCUT2D eigenvalue weighted by Gasteiger charge is 2.62. The van der Waals surface area contributed by atoms with E-state index < -0.39 is 0 Å². The number of nitrogens with zero attached hydrogens (tertiary/aromatic N) is 3. The van der Waals surface area contributed by atoms with Crippen molar-refractivity contribution in [2.24, 2.45) is 5.92 Å². The van der Waals surface area contributed by atoms with Crippen molar-refractivity contribution < 1.29 is 9.59 Å². The van der Waals surface area contributed by atoms with Crippen molar-refractivity contribution >= 4 is 17.5 Å². The van der Waals surface area contributed by atoms with E-state index in [1.165, 1.54) is 4.90 Å². The molecule has 0 unspecified atom stereocenters. The fraction of sp³-hybridized carbons (Fsp3) is 0.364. The largest absolute Gasteiger partial charge is 0.274 e. The van der Waals surface area contributed by atoms with E-state index in [9.17, 15) is 9.59 Å². The van der Waals surface area contributed by atoms with E-state index in [1.54, 1.807) is 0 Å². The summed E-state index contributed by atoms with van der Waals surface area (Å²) in [6, 6.07) is 15.6. The summed E-state index contributed by atoms with van der Waals surface area (Å²) in [5.41, 5.74) is 3.93. The molecule has 0 bridgehead atoms. The first-order valence-corrected chi connectivity index (χ1v) is 9.61. The third-order valence-electron chi connectivity index (χ3n) is 6.14. The molecular formula is C22H23N3O2. The molecule has 3 aliphatic rings. The van der Waals surface area contributed by atoms with Crippen LogP contribution < -0.4 is 4.90 Å². The lowest BCUT2D eigenvalue weighted by Gasteiger charge is -2.30. The minimum absolute atomic E-state index is 0.0640. The van der Waals surface area contributed by atoms with Crippen molar-refractivity contribution in [2.45, 2.75) is 32.4 Å². The molecule has 0 spiro atoms. The molecule has 3 fully saturated rings. The molecule has 5 rings (SSSR count). The lowest BCUT2D eigenvalue weighted by atomic mass is 9.90. The molecule has 3 aliphatic heterocycles. The van der Waals surface area contributed by atoms with Gasteiger partial charge < -0.3 is 0 Å². The molecule has 5 heteroatoms. The molecule has 0 aromatic heterocycles. The van der Waals surface area contributed by atoms with E-state index in [0.29, 0.717) is 0 Å². The van der Waals surface area contributed by atoms with Gasteiger partial charge in [0.2, 0.25) is 5.91 Å². The van der Waals surface area contributed by atoms with Crippen molar-refractivity contribution in [1.82, 2.24) is 10.0 Å². The zero-order valence-electron chi connectivity index (χ0n) is 15.6. The highest BCUT2D eigenvalue weighted by Crippen LogP contribution is 2.49. The number of carbonyl (C=O) groups is 2. The Morgan fingerprint density at radius 2 is 1.56 bits per heavy atom. The Balaban J connectivity index is 1.60. The molecule has 0 N–H and O–H groups in total. The summed E-state index contributed by atoms with van der Waals surface area (Å²) in [4.78, 5) is 28.3. The Morgan fingerprint density at radius 3 is 2.26 bits per heavy atom. The first-order chi connectivity index (χ1) is 13.1. The van der Waals surface area contributed by atoms with E-state index in [0.717, 1.165) is 41.9 Å². The van der Waals surface area contributed by atoms with Gasteiger partial charge in [-0.1, -0.05) is 48.0 Å². The molecule has 3 heterocycles. The maximum atomic E-state index is 13.5. The Morgan fingerprint density at radius 1 is 0.852 bits per heavy atom. The molecule has 3 saturated heterocycles. The number of benzene rings is 2. The van der Waals surface area contributed by atoms with Crippen LogP contribution in [0.4, 0.5) is 5.69 Å². The maximum Gasteiger partial charge on any atom is 0.253 e. The van der Waals surface area contributed by atoms with Crippen LogP contribution in [0, 0.1) is 19.8 Å². The van der Waals surface area contributed by atoms with E-state index in [4.69, 9.17) is 0 Å². The van der Waals surface area contributed by atoms with Gasteiger partial charge in [-0.05, 0) is 37.5 Å². The lowest BCUT2D eigenvalue weighted by Crippen LogP contribution is -2.44. The molecule has 2 aromatic rings. The van der Waals surface area contributed by atoms with Gasteiger partial charge in [-0.15, -0.1) is 0 Å². The Hall–Kier alpha value is -2.50. The first kappa shape index (κ1) is 16.7. The van der Waals surface area contributed by atoms with E-state index in [1.807, 2.05) is 50.2 Å². The predicted octanol–water partition coefficient (Wildman–Crippen LogP) is 2.84. The fourth-order valence-electron chi connectivity index (χ4n) is 5.06. The molecule has 5 nitrogen and oxygen atoms in total. The molecule has 3 atom stereocenters. The average Bonchev–Trinajstić information content (AvgIpc) is 3.29. The van der Waals surface area contributed by atoms with Crippen molar-refractivity contribution in [3.05, 3.63) is 65.2 Å². The van der Waals surface area contributed by atoms with Crippen LogP contribution in [0.3, 0.4) is 0 Å². The number of imide groups is 1. The number of rotatable bonds is 2. The molecule has 0 radical (unpaired) electrons. The molecule has 138 valence electrons. The zero-order valence-corrected chi connectivity index (χ0v) is 15.6. The summed E-state index contributed by atoms with van der Waals surface area (Å²) >= 11 is 0. The van der Waals surface area contributed by atoms with Crippen molar-refractivity contribution in [1.29, 1.82) is 0 Å². The number of hydrogen-bond acceptors (Lipinski definition) is 4. The number of amides is 2. The second-order valence-electron chi connectivity index (χ2n) is 7.81.